The molecule has 2 bridgehead atoms. The fourth-order valence-electron chi connectivity index (χ4n) is 5.21. The Morgan fingerprint density at radius 1 is 1.24 bits per heavy atom. The number of carbonyl (C=O) groups excluding carboxylic acids is 1. The largest absolute Gasteiger partial charge is 0.475 e. The molecule has 5 heterocycles. The zero-order valence-corrected chi connectivity index (χ0v) is 22.9. The first-order valence-electron chi connectivity index (χ1n) is 13.0. The highest BCUT2D eigenvalue weighted by molar-refractivity contribution is 6.33. The highest BCUT2D eigenvalue weighted by Crippen LogP contribution is 2.43. The van der Waals surface area contributed by atoms with Crippen molar-refractivity contribution in [3.8, 4) is 17.1 Å². The van der Waals surface area contributed by atoms with E-state index in [4.69, 9.17) is 25.8 Å². The molecular formula is C27H26ClF3N6O4. The van der Waals surface area contributed by atoms with E-state index in [1.165, 1.54) is 29.4 Å². The topological polar surface area (TPSA) is 102 Å². The predicted molar refractivity (Wildman–Crippen MR) is 144 cm³/mol. The van der Waals surface area contributed by atoms with E-state index in [9.17, 15) is 18.0 Å². The number of anilines is 3. The fourth-order valence-corrected chi connectivity index (χ4v) is 5.47. The number of halogens is 4. The van der Waals surface area contributed by atoms with Crippen molar-refractivity contribution >= 4 is 35.0 Å². The SMILES string of the molecule is CC1(C)OC[C@H](COc2cc(NC(=O)N3c4nc(-c5cccc(C(F)(F)F)c5)c(Cl)cc4N4CC[C@H]3C4)ncn2)O1. The van der Waals surface area contributed by atoms with Crippen LogP contribution in [0.2, 0.25) is 5.02 Å². The number of nitrogens with zero attached hydrogens (tertiary/aromatic N) is 5. The van der Waals surface area contributed by atoms with Gasteiger partial charge in [0.1, 0.15) is 24.9 Å². The van der Waals surface area contributed by atoms with Gasteiger partial charge < -0.3 is 19.1 Å². The number of rotatable bonds is 5. The number of carbonyl (C=O) groups is 1. The molecule has 1 N–H and O–H groups in total. The number of nitrogens with one attached hydrogen (secondary N) is 1. The summed E-state index contributed by atoms with van der Waals surface area (Å²) in [7, 11) is 0. The second-order valence-electron chi connectivity index (χ2n) is 10.4. The summed E-state index contributed by atoms with van der Waals surface area (Å²) in [6, 6.07) is 7.22. The van der Waals surface area contributed by atoms with Crippen molar-refractivity contribution < 1.29 is 32.2 Å². The van der Waals surface area contributed by atoms with Gasteiger partial charge in [-0.15, -0.1) is 0 Å². The van der Waals surface area contributed by atoms with Crippen molar-refractivity contribution in [3.05, 3.63) is 53.3 Å². The first kappa shape index (κ1) is 27.5. The molecule has 2 saturated heterocycles. The van der Waals surface area contributed by atoms with Crippen molar-refractivity contribution in [2.24, 2.45) is 0 Å². The standard InChI is InChI=1S/C27H26ClF3N6O4/c1-26(2)40-13-18(41-26)12-39-22-10-21(32-14-33-22)34-25(38)37-17-6-7-36(11-17)20-9-19(28)23(35-24(20)37)15-4-3-5-16(8-15)27(29,30)31/h3-5,8-10,14,17-18H,6-7,11-13H2,1-2H3,(H,32,33,34,38)/t17-,18-/m0/s1. The van der Waals surface area contributed by atoms with Crippen LogP contribution >= 0.6 is 11.6 Å². The van der Waals surface area contributed by atoms with E-state index in [0.29, 0.717) is 37.6 Å². The Kier molecular flexibility index (Phi) is 6.91. The predicted octanol–water partition coefficient (Wildman–Crippen LogP) is 5.37. The summed E-state index contributed by atoms with van der Waals surface area (Å²) in [6.45, 7) is 5.47. The molecule has 10 nitrogen and oxygen atoms in total. The van der Waals surface area contributed by atoms with Gasteiger partial charge in [-0.05, 0) is 38.5 Å². The van der Waals surface area contributed by atoms with Gasteiger partial charge in [0.25, 0.3) is 0 Å². The molecule has 0 unspecified atom stereocenters. The highest BCUT2D eigenvalue weighted by Gasteiger charge is 2.41. The Bertz CT molecular complexity index is 1490. The van der Waals surface area contributed by atoms with Crippen molar-refractivity contribution in [2.45, 2.75) is 44.4 Å². The first-order chi connectivity index (χ1) is 19.5. The lowest BCUT2D eigenvalue weighted by molar-refractivity contribution is -0.141. The molecule has 2 aromatic heterocycles. The van der Waals surface area contributed by atoms with Gasteiger partial charge in [0.2, 0.25) is 5.88 Å². The molecule has 2 amide bonds. The monoisotopic (exact) mass is 590 g/mol. The number of amides is 2. The van der Waals surface area contributed by atoms with E-state index in [1.54, 1.807) is 6.07 Å². The minimum Gasteiger partial charge on any atom is -0.475 e. The minimum atomic E-state index is -4.53. The van der Waals surface area contributed by atoms with Gasteiger partial charge in [0, 0.05) is 24.7 Å². The molecule has 216 valence electrons. The zero-order chi connectivity index (χ0) is 28.9. The van der Waals surface area contributed by atoms with Crippen LogP contribution in [0.3, 0.4) is 0 Å². The second-order valence-corrected chi connectivity index (χ2v) is 10.8. The Labute approximate surface area is 238 Å². The third-order valence-electron chi connectivity index (χ3n) is 7.08. The van der Waals surface area contributed by atoms with Crippen LogP contribution in [0.5, 0.6) is 5.88 Å². The van der Waals surface area contributed by atoms with E-state index in [2.05, 4.69) is 25.2 Å². The van der Waals surface area contributed by atoms with Crippen LogP contribution in [-0.4, -0.2) is 65.2 Å². The molecule has 1 aromatic carbocycles. The number of hydrogen-bond donors (Lipinski definition) is 1. The van der Waals surface area contributed by atoms with Crippen LogP contribution in [0.4, 0.5) is 35.3 Å². The summed E-state index contributed by atoms with van der Waals surface area (Å²) in [5.41, 5.74) is 0.152. The third-order valence-corrected chi connectivity index (χ3v) is 7.37. The van der Waals surface area contributed by atoms with Crippen LogP contribution in [0.1, 0.15) is 25.8 Å². The first-order valence-corrected chi connectivity index (χ1v) is 13.3. The second kappa shape index (κ2) is 10.3. The summed E-state index contributed by atoms with van der Waals surface area (Å²) in [6.07, 6.45) is -2.84. The average molecular weight is 591 g/mol. The van der Waals surface area contributed by atoms with E-state index < -0.39 is 23.6 Å². The molecule has 6 rings (SSSR count). The van der Waals surface area contributed by atoms with Crippen LogP contribution < -0.4 is 19.9 Å². The van der Waals surface area contributed by atoms with Gasteiger partial charge in [-0.1, -0.05) is 23.7 Å². The van der Waals surface area contributed by atoms with E-state index in [0.717, 1.165) is 12.1 Å². The molecule has 0 aliphatic carbocycles. The molecule has 3 aromatic rings. The Hall–Kier alpha value is -3.68. The molecule has 3 aliphatic rings. The van der Waals surface area contributed by atoms with E-state index >= 15 is 0 Å². The number of benzene rings is 1. The minimum absolute atomic E-state index is 0.149. The van der Waals surface area contributed by atoms with Crippen LogP contribution in [0, 0.1) is 0 Å². The third kappa shape index (κ3) is 5.61. The summed E-state index contributed by atoms with van der Waals surface area (Å²) in [5.74, 6) is 0.0718. The highest BCUT2D eigenvalue weighted by atomic mass is 35.5. The average Bonchev–Trinajstić information content (AvgIpc) is 3.50. The maximum Gasteiger partial charge on any atom is 0.416 e. The number of hydrogen-bond acceptors (Lipinski definition) is 8. The quantitative estimate of drug-likeness (QED) is 0.423. The Balaban J connectivity index is 1.25. The fraction of sp³-hybridized carbons (Fsp3) is 0.407. The maximum atomic E-state index is 13.6. The van der Waals surface area contributed by atoms with Crippen molar-refractivity contribution in [3.63, 3.8) is 0 Å². The smallest absolute Gasteiger partial charge is 0.416 e. The van der Waals surface area contributed by atoms with Gasteiger partial charge in [-0.3, -0.25) is 10.2 Å². The molecule has 3 aliphatic heterocycles. The van der Waals surface area contributed by atoms with Gasteiger partial charge in [0.05, 0.1) is 34.6 Å². The molecule has 2 fully saturated rings. The lowest BCUT2D eigenvalue weighted by Gasteiger charge is -2.36. The number of pyridine rings is 1. The van der Waals surface area contributed by atoms with E-state index in [1.807, 2.05) is 13.8 Å². The van der Waals surface area contributed by atoms with Crippen molar-refractivity contribution in [1.29, 1.82) is 0 Å². The van der Waals surface area contributed by atoms with Crippen LogP contribution in [0.15, 0.2) is 42.7 Å². The summed E-state index contributed by atoms with van der Waals surface area (Å²) in [4.78, 5) is 30.1. The zero-order valence-electron chi connectivity index (χ0n) is 22.1. The molecular weight excluding hydrogens is 565 g/mol. The molecule has 0 spiro atoms. The summed E-state index contributed by atoms with van der Waals surface area (Å²) >= 11 is 6.53. The Morgan fingerprint density at radius 2 is 2.07 bits per heavy atom. The van der Waals surface area contributed by atoms with Gasteiger partial charge >= 0.3 is 12.2 Å². The van der Waals surface area contributed by atoms with Gasteiger partial charge in [0.15, 0.2) is 11.6 Å². The molecule has 41 heavy (non-hydrogen) atoms. The summed E-state index contributed by atoms with van der Waals surface area (Å²) in [5, 5.41) is 2.97. The lowest BCUT2D eigenvalue weighted by Crippen LogP contribution is -2.48. The molecule has 0 saturated carbocycles. The number of fused-ring (bicyclic) bond motifs is 4. The molecule has 0 radical (unpaired) electrons. The van der Waals surface area contributed by atoms with Gasteiger partial charge in [-0.25, -0.2) is 19.7 Å². The summed E-state index contributed by atoms with van der Waals surface area (Å²) < 4.78 is 57.1. The lowest BCUT2D eigenvalue weighted by atomic mass is 10.1. The van der Waals surface area contributed by atoms with Gasteiger partial charge in [-0.2, -0.15) is 13.2 Å². The number of urea groups is 1. The van der Waals surface area contributed by atoms with E-state index in [-0.39, 0.29) is 46.7 Å². The van der Waals surface area contributed by atoms with Crippen LogP contribution in [-0.2, 0) is 15.7 Å². The maximum absolute atomic E-state index is 13.6. The molecule has 2 atom stereocenters. The Morgan fingerprint density at radius 3 is 2.83 bits per heavy atom. The van der Waals surface area contributed by atoms with Crippen molar-refractivity contribution in [2.75, 3.05) is 41.4 Å². The number of aromatic nitrogens is 3. The van der Waals surface area contributed by atoms with Crippen LogP contribution in [0.25, 0.3) is 11.3 Å². The normalized spacial score (nSPS) is 21.1. The molecule has 14 heteroatoms. The number of ether oxygens (including phenoxy) is 3. The van der Waals surface area contributed by atoms with Crippen molar-refractivity contribution in [1.82, 2.24) is 15.0 Å². The number of alkyl halides is 3.